The highest BCUT2D eigenvalue weighted by molar-refractivity contribution is 5.95. The number of likely N-dealkylation sites (tertiary alicyclic amines) is 1. The fourth-order valence-corrected chi connectivity index (χ4v) is 3.34. The molecule has 1 aliphatic heterocycles. The Bertz CT molecular complexity index is 759. The molecule has 0 unspecified atom stereocenters. The molecule has 1 aliphatic rings. The van der Waals surface area contributed by atoms with Gasteiger partial charge in [0.2, 0.25) is 0 Å². The molecule has 3 rings (SSSR count). The van der Waals surface area contributed by atoms with E-state index < -0.39 is 0 Å². The quantitative estimate of drug-likeness (QED) is 0.926. The minimum atomic E-state index is -0.206. The number of hydrogen-bond donors (Lipinski definition) is 1. The van der Waals surface area contributed by atoms with E-state index in [1.165, 1.54) is 0 Å². The zero-order valence-corrected chi connectivity index (χ0v) is 14.7. The van der Waals surface area contributed by atoms with Crippen molar-refractivity contribution in [3.63, 3.8) is 0 Å². The van der Waals surface area contributed by atoms with Crippen LogP contribution in [0.5, 0.6) is 0 Å². The molecule has 4 heteroatoms. The molecule has 1 heterocycles. The van der Waals surface area contributed by atoms with Gasteiger partial charge in [-0.2, -0.15) is 0 Å². The summed E-state index contributed by atoms with van der Waals surface area (Å²) >= 11 is 0. The topological polar surface area (TPSA) is 46.3 Å². The number of rotatable bonds is 3. The Morgan fingerprint density at radius 2 is 2.00 bits per heavy atom. The van der Waals surface area contributed by atoms with Crippen molar-refractivity contribution >= 4 is 5.91 Å². The molecule has 0 bridgehead atoms. The summed E-state index contributed by atoms with van der Waals surface area (Å²) in [5.74, 6) is -0.153. The van der Waals surface area contributed by atoms with E-state index >= 15 is 0 Å². The fraction of sp³-hybridized carbons (Fsp3) is 0.381. The van der Waals surface area contributed by atoms with E-state index in [2.05, 4.69) is 0 Å². The number of nitrogens with two attached hydrogens (primary N) is 1. The molecule has 1 fully saturated rings. The predicted octanol–water partition coefficient (Wildman–Crippen LogP) is 3.68. The van der Waals surface area contributed by atoms with Gasteiger partial charge in [0.05, 0.1) is 0 Å². The Morgan fingerprint density at radius 3 is 2.80 bits per heavy atom. The normalized spacial score (nSPS) is 18.0. The maximum atomic E-state index is 13.8. The van der Waals surface area contributed by atoms with Gasteiger partial charge in [0.1, 0.15) is 5.82 Å². The molecule has 0 aromatic heterocycles. The monoisotopic (exact) mass is 340 g/mol. The Hall–Kier alpha value is -2.20. The second-order valence-electron chi connectivity index (χ2n) is 6.90. The Labute approximate surface area is 148 Å². The standard InChI is InChI=1S/C21H25FN2O/c1-15-8-9-16(14-20(15)22)13-17-5-2-3-7-19(17)21(25)24-11-4-6-18(23)10-12-24/h2-3,5,7-9,14,18H,4,6,10-13,23H2,1H3/t18-/m1/s1. The van der Waals surface area contributed by atoms with Crippen molar-refractivity contribution in [3.05, 3.63) is 70.5 Å². The lowest BCUT2D eigenvalue weighted by Gasteiger charge is -2.22. The first-order valence-electron chi connectivity index (χ1n) is 8.92. The van der Waals surface area contributed by atoms with Gasteiger partial charge in [-0.1, -0.05) is 30.3 Å². The highest BCUT2D eigenvalue weighted by atomic mass is 19.1. The summed E-state index contributed by atoms with van der Waals surface area (Å²) in [5, 5.41) is 0. The fourth-order valence-electron chi connectivity index (χ4n) is 3.34. The van der Waals surface area contributed by atoms with Gasteiger partial charge in [-0.25, -0.2) is 4.39 Å². The van der Waals surface area contributed by atoms with Gasteiger partial charge in [0.25, 0.3) is 5.91 Å². The van der Waals surface area contributed by atoms with Gasteiger partial charge >= 0.3 is 0 Å². The molecule has 1 amide bonds. The minimum absolute atomic E-state index is 0.0530. The van der Waals surface area contributed by atoms with E-state index in [4.69, 9.17) is 5.73 Å². The first kappa shape index (κ1) is 17.6. The molecule has 0 spiro atoms. The third kappa shape index (κ3) is 4.26. The summed E-state index contributed by atoms with van der Waals surface area (Å²) in [4.78, 5) is 14.9. The van der Waals surface area contributed by atoms with Crippen LogP contribution in [0.1, 0.15) is 46.3 Å². The van der Waals surface area contributed by atoms with E-state index in [9.17, 15) is 9.18 Å². The average Bonchev–Trinajstić information content (AvgIpc) is 2.83. The number of amides is 1. The van der Waals surface area contributed by atoms with Crippen LogP contribution in [0.15, 0.2) is 42.5 Å². The zero-order valence-electron chi connectivity index (χ0n) is 14.7. The van der Waals surface area contributed by atoms with Crippen LogP contribution in [0.2, 0.25) is 0 Å². The molecule has 25 heavy (non-hydrogen) atoms. The van der Waals surface area contributed by atoms with Crippen LogP contribution < -0.4 is 5.73 Å². The lowest BCUT2D eigenvalue weighted by Crippen LogP contribution is -2.33. The number of nitrogens with zero attached hydrogens (tertiary/aromatic N) is 1. The van der Waals surface area contributed by atoms with Crippen LogP contribution in [0.25, 0.3) is 0 Å². The van der Waals surface area contributed by atoms with Crippen molar-refractivity contribution in [1.82, 2.24) is 4.90 Å². The molecule has 0 saturated carbocycles. The zero-order chi connectivity index (χ0) is 17.8. The number of aryl methyl sites for hydroxylation is 1. The lowest BCUT2D eigenvalue weighted by molar-refractivity contribution is 0.0760. The summed E-state index contributed by atoms with van der Waals surface area (Å²) in [6.07, 6.45) is 3.30. The largest absolute Gasteiger partial charge is 0.339 e. The van der Waals surface area contributed by atoms with Crippen molar-refractivity contribution in [2.75, 3.05) is 13.1 Å². The van der Waals surface area contributed by atoms with Gasteiger partial charge in [-0.3, -0.25) is 4.79 Å². The van der Waals surface area contributed by atoms with Crippen LogP contribution >= 0.6 is 0 Å². The van der Waals surface area contributed by atoms with Crippen molar-refractivity contribution in [2.45, 2.75) is 38.6 Å². The summed E-state index contributed by atoms with van der Waals surface area (Å²) in [5.41, 5.74) is 9.17. The van der Waals surface area contributed by atoms with Crippen LogP contribution in [0.4, 0.5) is 4.39 Å². The molecular weight excluding hydrogens is 315 g/mol. The number of hydrogen-bond acceptors (Lipinski definition) is 2. The van der Waals surface area contributed by atoms with Crippen molar-refractivity contribution in [2.24, 2.45) is 5.73 Å². The van der Waals surface area contributed by atoms with Gasteiger partial charge in [-0.05, 0) is 61.4 Å². The molecule has 2 aromatic carbocycles. The van der Waals surface area contributed by atoms with Crippen molar-refractivity contribution in [1.29, 1.82) is 0 Å². The Kier molecular flexibility index (Phi) is 5.49. The van der Waals surface area contributed by atoms with Crippen LogP contribution in [0.3, 0.4) is 0 Å². The summed E-state index contributed by atoms with van der Waals surface area (Å²) < 4.78 is 13.8. The first-order valence-corrected chi connectivity index (χ1v) is 8.92. The van der Waals surface area contributed by atoms with Gasteiger partial charge < -0.3 is 10.6 Å². The second-order valence-corrected chi connectivity index (χ2v) is 6.90. The molecule has 1 atom stereocenters. The van der Waals surface area contributed by atoms with E-state index in [1.54, 1.807) is 19.1 Å². The highest BCUT2D eigenvalue weighted by Crippen LogP contribution is 2.20. The molecule has 2 aromatic rings. The van der Waals surface area contributed by atoms with Crippen LogP contribution in [-0.4, -0.2) is 29.9 Å². The Balaban J connectivity index is 1.82. The minimum Gasteiger partial charge on any atom is -0.339 e. The maximum Gasteiger partial charge on any atom is 0.254 e. The third-order valence-corrected chi connectivity index (χ3v) is 4.94. The summed E-state index contributed by atoms with van der Waals surface area (Å²) in [6.45, 7) is 3.20. The summed E-state index contributed by atoms with van der Waals surface area (Å²) in [6, 6.07) is 13.1. The molecule has 0 radical (unpaired) electrons. The van der Waals surface area contributed by atoms with E-state index in [-0.39, 0.29) is 17.8 Å². The van der Waals surface area contributed by atoms with Crippen LogP contribution in [-0.2, 0) is 6.42 Å². The summed E-state index contributed by atoms with van der Waals surface area (Å²) in [7, 11) is 0. The average molecular weight is 340 g/mol. The maximum absolute atomic E-state index is 13.8. The number of halogens is 1. The molecule has 0 aliphatic carbocycles. The SMILES string of the molecule is Cc1ccc(Cc2ccccc2C(=O)N2CCC[C@@H](N)CC2)cc1F. The molecule has 132 valence electrons. The second kappa shape index (κ2) is 7.79. The molecule has 1 saturated heterocycles. The van der Waals surface area contributed by atoms with E-state index in [0.29, 0.717) is 24.1 Å². The van der Waals surface area contributed by atoms with Gasteiger partial charge in [0.15, 0.2) is 0 Å². The van der Waals surface area contributed by atoms with E-state index in [1.807, 2.05) is 35.2 Å². The molecular formula is C21H25FN2O. The first-order chi connectivity index (χ1) is 12.0. The lowest BCUT2D eigenvalue weighted by atomic mass is 9.98. The molecule has 2 N–H and O–H groups in total. The number of benzene rings is 2. The smallest absolute Gasteiger partial charge is 0.254 e. The highest BCUT2D eigenvalue weighted by Gasteiger charge is 2.21. The van der Waals surface area contributed by atoms with Gasteiger partial charge in [0, 0.05) is 24.7 Å². The van der Waals surface area contributed by atoms with Gasteiger partial charge in [-0.15, -0.1) is 0 Å². The molecule has 3 nitrogen and oxygen atoms in total. The Morgan fingerprint density at radius 1 is 1.20 bits per heavy atom. The predicted molar refractivity (Wildman–Crippen MR) is 98.1 cm³/mol. The third-order valence-electron chi connectivity index (χ3n) is 4.94. The number of carbonyl (C=O) groups excluding carboxylic acids is 1. The van der Waals surface area contributed by atoms with Crippen molar-refractivity contribution < 1.29 is 9.18 Å². The van der Waals surface area contributed by atoms with E-state index in [0.717, 1.165) is 36.9 Å². The number of carbonyl (C=O) groups is 1. The van der Waals surface area contributed by atoms with Crippen molar-refractivity contribution in [3.8, 4) is 0 Å². The van der Waals surface area contributed by atoms with Crippen LogP contribution in [0, 0.1) is 12.7 Å².